The first-order valence-corrected chi connectivity index (χ1v) is 6.60. The smallest absolute Gasteiger partial charge is 0.235 e. The van der Waals surface area contributed by atoms with E-state index in [1.807, 2.05) is 6.07 Å². The molecule has 0 aliphatic heterocycles. The number of rotatable bonds is 6. The van der Waals surface area contributed by atoms with Crippen molar-refractivity contribution in [1.29, 1.82) is 0 Å². The lowest BCUT2D eigenvalue weighted by molar-refractivity contribution is 0.310. The molecule has 8 nitrogen and oxygen atoms in total. The molecule has 4 N–H and O–H groups in total. The van der Waals surface area contributed by atoms with Crippen molar-refractivity contribution in [2.45, 2.75) is 13.8 Å². The molecule has 8 heteroatoms. The summed E-state index contributed by atoms with van der Waals surface area (Å²) < 4.78 is 4.42. The number of phenols is 1. The van der Waals surface area contributed by atoms with Crippen LogP contribution >= 0.6 is 0 Å². The summed E-state index contributed by atoms with van der Waals surface area (Å²) in [6.07, 6.45) is 1.47. The number of benzene rings is 1. The number of nitrogens with zero attached hydrogens (tertiary/aromatic N) is 4. The predicted molar refractivity (Wildman–Crippen MR) is 81.6 cm³/mol. The molecule has 21 heavy (non-hydrogen) atoms. The third kappa shape index (κ3) is 3.41. The van der Waals surface area contributed by atoms with Crippen LogP contribution in [-0.4, -0.2) is 34.7 Å². The van der Waals surface area contributed by atoms with E-state index in [9.17, 15) is 5.11 Å². The summed E-state index contributed by atoms with van der Waals surface area (Å²) in [7, 11) is 0. The maximum Gasteiger partial charge on any atom is 0.235 e. The second-order valence-electron chi connectivity index (χ2n) is 4.28. The lowest BCUT2D eigenvalue weighted by atomic mass is 10.2. The Kier molecular flexibility index (Phi) is 4.60. The molecule has 1 aromatic heterocycles. The zero-order chi connectivity index (χ0) is 15.2. The summed E-state index contributed by atoms with van der Waals surface area (Å²) in [6, 6.07) is 5.43. The maximum absolute atomic E-state index is 10.0. The van der Waals surface area contributed by atoms with Crippen molar-refractivity contribution in [2.24, 2.45) is 5.10 Å². The van der Waals surface area contributed by atoms with Crippen molar-refractivity contribution in [2.75, 3.05) is 29.1 Å². The molecule has 2 aromatic rings. The van der Waals surface area contributed by atoms with E-state index in [0.717, 1.165) is 18.8 Å². The van der Waals surface area contributed by atoms with Crippen molar-refractivity contribution < 1.29 is 9.74 Å². The predicted octanol–water partition coefficient (Wildman–Crippen LogP) is 1.65. The first-order chi connectivity index (χ1) is 10.2. The van der Waals surface area contributed by atoms with Gasteiger partial charge in [-0.1, -0.05) is 0 Å². The van der Waals surface area contributed by atoms with Crippen LogP contribution in [0.1, 0.15) is 19.4 Å². The molecule has 0 unspecified atom stereocenters. The van der Waals surface area contributed by atoms with Crippen LogP contribution in [0.5, 0.6) is 5.75 Å². The van der Waals surface area contributed by atoms with Gasteiger partial charge >= 0.3 is 0 Å². The fraction of sp³-hybridized carbons (Fsp3) is 0.308. The SMILES string of the molecule is CCN(CC)c1ccc(/C=N/Nc2nonc2N)c(O)c1. The number of nitrogens with two attached hydrogens (primary N) is 1. The zero-order valence-corrected chi connectivity index (χ0v) is 11.9. The van der Waals surface area contributed by atoms with Gasteiger partial charge in [-0.2, -0.15) is 5.10 Å². The number of hydrogen-bond acceptors (Lipinski definition) is 8. The van der Waals surface area contributed by atoms with Gasteiger partial charge in [-0.15, -0.1) is 0 Å². The lowest BCUT2D eigenvalue weighted by Crippen LogP contribution is -2.21. The van der Waals surface area contributed by atoms with E-state index in [1.54, 1.807) is 12.1 Å². The summed E-state index contributed by atoms with van der Waals surface area (Å²) >= 11 is 0. The van der Waals surface area contributed by atoms with Gasteiger partial charge in [0.05, 0.1) is 6.21 Å². The van der Waals surface area contributed by atoms with Crippen LogP contribution in [0, 0.1) is 0 Å². The molecule has 0 radical (unpaired) electrons. The van der Waals surface area contributed by atoms with Crippen molar-refractivity contribution in [1.82, 2.24) is 10.3 Å². The van der Waals surface area contributed by atoms with E-state index < -0.39 is 0 Å². The van der Waals surface area contributed by atoms with Crippen molar-refractivity contribution in [3.63, 3.8) is 0 Å². The Bertz CT molecular complexity index is 621. The Morgan fingerprint density at radius 1 is 1.38 bits per heavy atom. The minimum absolute atomic E-state index is 0.119. The quantitative estimate of drug-likeness (QED) is 0.547. The van der Waals surface area contributed by atoms with Gasteiger partial charge < -0.3 is 15.7 Å². The number of phenolic OH excluding ortho intramolecular Hbond substituents is 1. The Labute approximate surface area is 122 Å². The van der Waals surface area contributed by atoms with Crippen LogP contribution in [-0.2, 0) is 0 Å². The highest BCUT2D eigenvalue weighted by Gasteiger charge is 2.06. The van der Waals surface area contributed by atoms with Crippen molar-refractivity contribution in [3.8, 4) is 5.75 Å². The third-order valence-corrected chi connectivity index (χ3v) is 3.03. The summed E-state index contributed by atoms with van der Waals surface area (Å²) in [5.41, 5.74) is 9.60. The average Bonchev–Trinajstić information content (AvgIpc) is 2.88. The molecule has 0 saturated heterocycles. The number of anilines is 3. The highest BCUT2D eigenvalue weighted by molar-refractivity contribution is 5.85. The van der Waals surface area contributed by atoms with Gasteiger partial charge in [0.2, 0.25) is 11.6 Å². The fourth-order valence-electron chi connectivity index (χ4n) is 1.86. The first-order valence-electron chi connectivity index (χ1n) is 6.60. The summed E-state index contributed by atoms with van der Waals surface area (Å²) in [6.45, 7) is 5.89. The molecule has 112 valence electrons. The number of nitrogens with one attached hydrogen (secondary N) is 1. The molecule has 0 atom stereocenters. The fourth-order valence-corrected chi connectivity index (χ4v) is 1.86. The topological polar surface area (TPSA) is 113 Å². The van der Waals surface area contributed by atoms with Crippen LogP contribution in [0.2, 0.25) is 0 Å². The standard InChI is InChI=1S/C13H18N6O2/c1-3-19(4-2)10-6-5-9(11(20)7-10)8-15-16-13-12(14)17-21-18-13/h5-8,20H,3-4H2,1-2H3,(H2,14,17)(H,16,18)/b15-8+. The van der Waals surface area contributed by atoms with E-state index in [2.05, 4.69) is 44.2 Å². The van der Waals surface area contributed by atoms with Crippen molar-refractivity contribution in [3.05, 3.63) is 23.8 Å². The van der Waals surface area contributed by atoms with E-state index >= 15 is 0 Å². The van der Waals surface area contributed by atoms with Crippen LogP contribution in [0.4, 0.5) is 17.3 Å². The number of hydrogen-bond donors (Lipinski definition) is 3. The summed E-state index contributed by atoms with van der Waals surface area (Å²) in [5.74, 6) is 0.495. The molecule has 0 spiro atoms. The number of nitrogen functional groups attached to an aromatic ring is 1. The number of aromatic nitrogens is 2. The van der Waals surface area contributed by atoms with E-state index in [-0.39, 0.29) is 17.4 Å². The van der Waals surface area contributed by atoms with Gasteiger partial charge in [-0.25, -0.2) is 4.63 Å². The second-order valence-corrected chi connectivity index (χ2v) is 4.28. The van der Waals surface area contributed by atoms with Gasteiger partial charge in [-0.05, 0) is 36.3 Å². The molecule has 1 heterocycles. The van der Waals surface area contributed by atoms with E-state index in [1.165, 1.54) is 6.21 Å². The summed E-state index contributed by atoms with van der Waals surface area (Å²) in [4.78, 5) is 2.14. The highest BCUT2D eigenvalue weighted by Crippen LogP contribution is 2.23. The monoisotopic (exact) mass is 290 g/mol. The molecule has 0 amide bonds. The summed E-state index contributed by atoms with van der Waals surface area (Å²) in [5, 5.41) is 20.9. The van der Waals surface area contributed by atoms with Gasteiger partial charge in [-0.3, -0.25) is 5.43 Å². The van der Waals surface area contributed by atoms with Gasteiger partial charge in [0.25, 0.3) is 0 Å². The molecular weight excluding hydrogens is 272 g/mol. The molecule has 0 aliphatic rings. The minimum Gasteiger partial charge on any atom is -0.507 e. The third-order valence-electron chi connectivity index (χ3n) is 3.03. The zero-order valence-electron chi connectivity index (χ0n) is 11.9. The van der Waals surface area contributed by atoms with Crippen LogP contribution < -0.4 is 16.1 Å². The molecule has 0 bridgehead atoms. The Balaban J connectivity index is 2.09. The van der Waals surface area contributed by atoms with Crippen molar-refractivity contribution >= 4 is 23.5 Å². The average molecular weight is 290 g/mol. The highest BCUT2D eigenvalue weighted by atomic mass is 16.6. The normalized spacial score (nSPS) is 11.0. The van der Waals surface area contributed by atoms with Crippen LogP contribution in [0.25, 0.3) is 0 Å². The van der Waals surface area contributed by atoms with Crippen LogP contribution in [0.3, 0.4) is 0 Å². The molecule has 2 rings (SSSR count). The molecule has 0 aliphatic carbocycles. The van der Waals surface area contributed by atoms with E-state index in [0.29, 0.717) is 5.56 Å². The molecule has 0 saturated carbocycles. The number of aromatic hydroxyl groups is 1. The largest absolute Gasteiger partial charge is 0.507 e. The molecule has 0 fully saturated rings. The van der Waals surface area contributed by atoms with Gasteiger partial charge in [0.15, 0.2) is 0 Å². The Morgan fingerprint density at radius 3 is 2.71 bits per heavy atom. The van der Waals surface area contributed by atoms with E-state index in [4.69, 9.17) is 5.73 Å². The maximum atomic E-state index is 10.0. The first kappa shape index (κ1) is 14.6. The minimum atomic E-state index is 0.119. The Hall–Kier alpha value is -2.77. The molecule has 1 aromatic carbocycles. The number of hydrazone groups is 1. The van der Waals surface area contributed by atoms with Gasteiger partial charge in [0, 0.05) is 30.4 Å². The van der Waals surface area contributed by atoms with Gasteiger partial charge in [0.1, 0.15) is 5.75 Å². The lowest BCUT2D eigenvalue weighted by Gasteiger charge is -2.21. The second kappa shape index (κ2) is 6.60. The molecular formula is C13H18N6O2. The van der Waals surface area contributed by atoms with Crippen LogP contribution in [0.15, 0.2) is 27.9 Å². The Morgan fingerprint density at radius 2 is 2.14 bits per heavy atom.